The predicted molar refractivity (Wildman–Crippen MR) is 86.1 cm³/mol. The zero-order chi connectivity index (χ0) is 14.8. The molecule has 20 heavy (non-hydrogen) atoms. The molecular weight excluding hydrogens is 272 g/mol. The van der Waals surface area contributed by atoms with Crippen molar-refractivity contribution in [1.29, 1.82) is 0 Å². The number of rotatable bonds is 9. The van der Waals surface area contributed by atoms with Crippen LogP contribution in [0.2, 0.25) is 0 Å². The first-order chi connectivity index (χ1) is 9.63. The number of carbonyl (C=O) groups is 1. The third-order valence-corrected chi connectivity index (χ3v) is 3.48. The summed E-state index contributed by atoms with van der Waals surface area (Å²) in [6.07, 6.45) is 5.40. The van der Waals surface area contributed by atoms with Gasteiger partial charge in [-0.05, 0) is 43.4 Å². The van der Waals surface area contributed by atoms with E-state index in [1.54, 1.807) is 11.8 Å². The first-order valence-electron chi connectivity index (χ1n) is 6.82. The van der Waals surface area contributed by atoms with Crippen LogP contribution in [0.4, 0.5) is 5.82 Å². The molecule has 0 aliphatic rings. The lowest BCUT2D eigenvalue weighted by atomic mass is 10.2. The second-order valence-electron chi connectivity index (χ2n) is 4.68. The second-order valence-corrected chi connectivity index (χ2v) is 5.67. The van der Waals surface area contributed by atoms with Gasteiger partial charge >= 0.3 is 0 Å². The highest BCUT2D eigenvalue weighted by Gasteiger charge is 2.11. The van der Waals surface area contributed by atoms with Crippen LogP contribution in [0.1, 0.15) is 18.4 Å². The number of aryl methyl sites for hydroxylation is 1. The minimum Gasteiger partial charge on any atom is -0.370 e. The van der Waals surface area contributed by atoms with E-state index in [1.165, 1.54) is 0 Å². The molecule has 0 aliphatic carbocycles. The second kappa shape index (κ2) is 9.61. The summed E-state index contributed by atoms with van der Waals surface area (Å²) in [5.74, 6) is 1.71. The molecule has 1 aromatic rings. The van der Waals surface area contributed by atoms with Crippen LogP contribution < -0.4 is 16.4 Å². The van der Waals surface area contributed by atoms with Gasteiger partial charge in [-0.15, -0.1) is 0 Å². The Morgan fingerprint density at radius 3 is 2.90 bits per heavy atom. The number of anilines is 1. The molecule has 6 heteroatoms. The van der Waals surface area contributed by atoms with Crippen molar-refractivity contribution in [3.63, 3.8) is 0 Å². The van der Waals surface area contributed by atoms with E-state index in [9.17, 15) is 4.79 Å². The van der Waals surface area contributed by atoms with Crippen LogP contribution >= 0.6 is 11.8 Å². The molecule has 0 radical (unpaired) electrons. The summed E-state index contributed by atoms with van der Waals surface area (Å²) in [6, 6.07) is 3.57. The predicted octanol–water partition coefficient (Wildman–Crippen LogP) is 1.39. The third-order valence-electron chi connectivity index (χ3n) is 2.84. The van der Waals surface area contributed by atoms with Gasteiger partial charge in [0.15, 0.2) is 0 Å². The van der Waals surface area contributed by atoms with Crippen molar-refractivity contribution in [3.05, 3.63) is 23.9 Å². The van der Waals surface area contributed by atoms with Gasteiger partial charge in [0.05, 0.1) is 6.04 Å². The molecule has 0 saturated carbocycles. The molecular formula is C14H24N4OS. The highest BCUT2D eigenvalue weighted by atomic mass is 32.2. The molecule has 1 amide bonds. The van der Waals surface area contributed by atoms with E-state index < -0.39 is 6.04 Å². The van der Waals surface area contributed by atoms with E-state index in [-0.39, 0.29) is 5.91 Å². The quantitative estimate of drug-likeness (QED) is 0.600. The van der Waals surface area contributed by atoms with Gasteiger partial charge < -0.3 is 16.4 Å². The Labute approximate surface area is 125 Å². The van der Waals surface area contributed by atoms with E-state index in [0.29, 0.717) is 6.54 Å². The van der Waals surface area contributed by atoms with Crippen LogP contribution in [0.3, 0.4) is 0 Å². The van der Waals surface area contributed by atoms with Crippen LogP contribution in [0.5, 0.6) is 0 Å². The molecule has 5 nitrogen and oxygen atoms in total. The Morgan fingerprint density at radius 1 is 1.45 bits per heavy atom. The average molecular weight is 296 g/mol. The zero-order valence-corrected chi connectivity index (χ0v) is 13.0. The summed E-state index contributed by atoms with van der Waals surface area (Å²) in [7, 11) is 0. The van der Waals surface area contributed by atoms with Gasteiger partial charge in [0.2, 0.25) is 5.91 Å². The average Bonchev–Trinajstić information content (AvgIpc) is 2.46. The van der Waals surface area contributed by atoms with E-state index in [0.717, 1.165) is 36.5 Å². The fourth-order valence-corrected chi connectivity index (χ4v) is 2.09. The molecule has 0 fully saturated rings. The summed E-state index contributed by atoms with van der Waals surface area (Å²) >= 11 is 1.70. The largest absolute Gasteiger partial charge is 0.370 e. The summed E-state index contributed by atoms with van der Waals surface area (Å²) in [4.78, 5) is 15.9. The minimum atomic E-state index is -0.394. The zero-order valence-electron chi connectivity index (χ0n) is 12.2. The van der Waals surface area contributed by atoms with Crippen molar-refractivity contribution in [2.45, 2.75) is 25.8 Å². The number of hydrogen-bond acceptors (Lipinski definition) is 5. The molecule has 4 N–H and O–H groups in total. The fraction of sp³-hybridized carbons (Fsp3) is 0.571. The number of aromatic nitrogens is 1. The number of amides is 1. The maximum absolute atomic E-state index is 11.6. The van der Waals surface area contributed by atoms with Crippen molar-refractivity contribution >= 4 is 23.5 Å². The van der Waals surface area contributed by atoms with E-state index in [1.807, 2.05) is 31.5 Å². The Kier molecular flexibility index (Phi) is 8.06. The van der Waals surface area contributed by atoms with Crippen LogP contribution in [0.25, 0.3) is 0 Å². The van der Waals surface area contributed by atoms with Crippen molar-refractivity contribution in [1.82, 2.24) is 10.3 Å². The maximum Gasteiger partial charge on any atom is 0.236 e. The number of hydrogen-bond donors (Lipinski definition) is 3. The topological polar surface area (TPSA) is 80.0 Å². The molecule has 1 heterocycles. The molecule has 1 aromatic heterocycles. The molecule has 1 atom stereocenters. The van der Waals surface area contributed by atoms with Gasteiger partial charge in [-0.1, -0.05) is 6.07 Å². The Bertz CT molecular complexity index is 397. The molecule has 0 unspecified atom stereocenters. The Balaban J connectivity index is 2.09. The van der Waals surface area contributed by atoms with Gasteiger partial charge in [0, 0.05) is 19.3 Å². The van der Waals surface area contributed by atoms with Crippen LogP contribution in [0.15, 0.2) is 18.3 Å². The first kappa shape index (κ1) is 16.8. The fourth-order valence-electron chi connectivity index (χ4n) is 1.60. The summed E-state index contributed by atoms with van der Waals surface area (Å²) < 4.78 is 0. The summed E-state index contributed by atoms with van der Waals surface area (Å²) in [6.45, 7) is 3.41. The van der Waals surface area contributed by atoms with Crippen LogP contribution in [0, 0.1) is 6.92 Å². The van der Waals surface area contributed by atoms with Crippen molar-refractivity contribution < 1.29 is 4.79 Å². The van der Waals surface area contributed by atoms with Gasteiger partial charge in [0.1, 0.15) is 5.82 Å². The van der Waals surface area contributed by atoms with E-state index in [2.05, 4.69) is 15.6 Å². The molecule has 0 spiro atoms. The smallest absolute Gasteiger partial charge is 0.236 e. The minimum absolute atomic E-state index is 0.0625. The van der Waals surface area contributed by atoms with Crippen molar-refractivity contribution in [2.75, 3.05) is 30.4 Å². The highest BCUT2D eigenvalue weighted by Crippen LogP contribution is 2.03. The van der Waals surface area contributed by atoms with Gasteiger partial charge in [-0.25, -0.2) is 4.98 Å². The Hall–Kier alpha value is -1.27. The number of pyridine rings is 1. The summed E-state index contributed by atoms with van der Waals surface area (Å²) in [5, 5.41) is 6.07. The number of nitrogens with two attached hydrogens (primary N) is 1. The number of thioether (sulfide) groups is 1. The van der Waals surface area contributed by atoms with E-state index >= 15 is 0 Å². The van der Waals surface area contributed by atoms with Crippen molar-refractivity contribution in [2.24, 2.45) is 5.73 Å². The maximum atomic E-state index is 11.6. The van der Waals surface area contributed by atoms with E-state index in [4.69, 9.17) is 5.73 Å². The van der Waals surface area contributed by atoms with Gasteiger partial charge in [-0.2, -0.15) is 11.8 Å². The Morgan fingerprint density at radius 2 is 2.25 bits per heavy atom. The lowest BCUT2D eigenvalue weighted by Gasteiger charge is -2.11. The lowest BCUT2D eigenvalue weighted by Crippen LogP contribution is -2.41. The lowest BCUT2D eigenvalue weighted by molar-refractivity contribution is -0.122. The highest BCUT2D eigenvalue weighted by molar-refractivity contribution is 7.98. The van der Waals surface area contributed by atoms with Crippen molar-refractivity contribution in [3.8, 4) is 0 Å². The normalized spacial score (nSPS) is 11.9. The third kappa shape index (κ3) is 6.77. The number of nitrogens with zero attached hydrogens (tertiary/aromatic N) is 1. The standard InChI is InChI=1S/C14H24N4OS/c1-11-4-5-13(18-10-11)16-7-3-8-17-14(19)12(15)6-9-20-2/h4-5,10,12H,3,6-9,15H2,1-2H3,(H,16,18)(H,17,19)/t12-/m0/s1. The molecule has 0 aromatic carbocycles. The molecule has 112 valence electrons. The number of nitrogens with one attached hydrogen (secondary N) is 2. The molecule has 0 saturated heterocycles. The van der Waals surface area contributed by atoms with Crippen LogP contribution in [-0.4, -0.2) is 42.0 Å². The monoisotopic (exact) mass is 296 g/mol. The van der Waals surface area contributed by atoms with Gasteiger partial charge in [0.25, 0.3) is 0 Å². The molecule has 0 bridgehead atoms. The summed E-state index contributed by atoms with van der Waals surface area (Å²) in [5.41, 5.74) is 6.91. The molecule has 1 rings (SSSR count). The molecule has 0 aliphatic heterocycles. The van der Waals surface area contributed by atoms with Gasteiger partial charge in [-0.3, -0.25) is 4.79 Å². The SMILES string of the molecule is CSCC[C@H](N)C(=O)NCCCNc1ccc(C)cn1. The van der Waals surface area contributed by atoms with Crippen LogP contribution in [-0.2, 0) is 4.79 Å². The number of carbonyl (C=O) groups excluding carboxylic acids is 1. The first-order valence-corrected chi connectivity index (χ1v) is 8.21.